The summed E-state index contributed by atoms with van der Waals surface area (Å²) in [7, 11) is -3.69. The van der Waals surface area contributed by atoms with Gasteiger partial charge in [-0.2, -0.15) is 0 Å². The van der Waals surface area contributed by atoms with Gasteiger partial charge in [-0.05, 0) is 25.0 Å². The van der Waals surface area contributed by atoms with Gasteiger partial charge in [-0.15, -0.1) is 0 Å². The lowest BCUT2D eigenvalue weighted by atomic mass is 10.2. The number of sulfonamides is 1. The van der Waals surface area contributed by atoms with E-state index in [-0.39, 0.29) is 10.9 Å². The minimum Gasteiger partial charge on any atom is -0.366 e. The molecule has 1 unspecified atom stereocenters. The molecule has 1 saturated heterocycles. The summed E-state index contributed by atoms with van der Waals surface area (Å²) in [6.07, 6.45) is 2.02. The number of benzene rings is 1. The van der Waals surface area contributed by atoms with Crippen molar-refractivity contribution < 1.29 is 8.42 Å². The average molecular weight is 255 g/mol. The molecule has 5 nitrogen and oxygen atoms in total. The fourth-order valence-electron chi connectivity index (χ4n) is 2.33. The van der Waals surface area contributed by atoms with Crippen molar-refractivity contribution in [3.8, 4) is 0 Å². The maximum atomic E-state index is 11.5. The lowest BCUT2D eigenvalue weighted by Gasteiger charge is -2.27. The molecule has 2 rings (SSSR count). The van der Waals surface area contributed by atoms with Crippen molar-refractivity contribution in [2.45, 2.75) is 23.8 Å². The second-order valence-electron chi connectivity index (χ2n) is 4.24. The van der Waals surface area contributed by atoms with E-state index in [9.17, 15) is 8.42 Å². The third kappa shape index (κ3) is 2.43. The molecular formula is C11H17N3O2S. The van der Waals surface area contributed by atoms with Crippen molar-refractivity contribution in [3.05, 3.63) is 24.3 Å². The maximum Gasteiger partial charge on any atom is 0.240 e. The first kappa shape index (κ1) is 12.3. The highest BCUT2D eigenvalue weighted by Crippen LogP contribution is 2.30. The van der Waals surface area contributed by atoms with Gasteiger partial charge in [0.15, 0.2) is 0 Å². The molecule has 1 aromatic carbocycles. The summed E-state index contributed by atoms with van der Waals surface area (Å²) in [6, 6.07) is 7.02. The standard InChI is InChI=1S/C11H17N3O2S/c12-8-9-4-3-7-14(9)10-5-1-2-6-11(10)17(13,15)16/h1-2,5-6,9H,3-4,7-8,12H2,(H2,13,15,16). The molecule has 0 spiro atoms. The summed E-state index contributed by atoms with van der Waals surface area (Å²) in [6.45, 7) is 1.35. The zero-order valence-corrected chi connectivity index (χ0v) is 10.4. The molecule has 0 amide bonds. The SMILES string of the molecule is NCC1CCCN1c1ccccc1S(N)(=O)=O. The number of para-hydroxylation sites is 1. The maximum absolute atomic E-state index is 11.5. The minimum atomic E-state index is -3.69. The van der Waals surface area contributed by atoms with E-state index < -0.39 is 10.0 Å². The highest BCUT2D eigenvalue weighted by atomic mass is 32.2. The van der Waals surface area contributed by atoms with E-state index in [0.717, 1.165) is 19.4 Å². The fourth-order valence-corrected chi connectivity index (χ4v) is 3.08. The van der Waals surface area contributed by atoms with E-state index >= 15 is 0 Å². The van der Waals surface area contributed by atoms with Crippen molar-refractivity contribution in [3.63, 3.8) is 0 Å². The van der Waals surface area contributed by atoms with Gasteiger partial charge in [-0.25, -0.2) is 13.6 Å². The highest BCUT2D eigenvalue weighted by molar-refractivity contribution is 7.89. The largest absolute Gasteiger partial charge is 0.366 e. The van der Waals surface area contributed by atoms with Crippen molar-refractivity contribution in [2.24, 2.45) is 10.9 Å². The van der Waals surface area contributed by atoms with Crippen LogP contribution in [0.15, 0.2) is 29.2 Å². The summed E-state index contributed by atoms with van der Waals surface area (Å²) in [5.41, 5.74) is 6.37. The number of hydrogen-bond acceptors (Lipinski definition) is 4. The number of primary sulfonamides is 1. The van der Waals surface area contributed by atoms with E-state index in [1.807, 2.05) is 11.0 Å². The van der Waals surface area contributed by atoms with Crippen molar-refractivity contribution in [2.75, 3.05) is 18.0 Å². The van der Waals surface area contributed by atoms with Crippen LogP contribution in [-0.2, 0) is 10.0 Å². The zero-order chi connectivity index (χ0) is 12.5. The molecule has 94 valence electrons. The first-order valence-corrected chi connectivity index (χ1v) is 7.17. The molecule has 0 saturated carbocycles. The number of hydrogen-bond donors (Lipinski definition) is 2. The van der Waals surface area contributed by atoms with Crippen LogP contribution >= 0.6 is 0 Å². The zero-order valence-electron chi connectivity index (χ0n) is 9.54. The van der Waals surface area contributed by atoms with E-state index in [1.54, 1.807) is 12.1 Å². The third-order valence-electron chi connectivity index (χ3n) is 3.13. The van der Waals surface area contributed by atoms with Gasteiger partial charge in [0.05, 0.1) is 5.69 Å². The second-order valence-corrected chi connectivity index (χ2v) is 5.77. The van der Waals surface area contributed by atoms with Crippen LogP contribution in [0.4, 0.5) is 5.69 Å². The molecule has 4 N–H and O–H groups in total. The molecule has 1 fully saturated rings. The van der Waals surface area contributed by atoms with Gasteiger partial charge in [0.25, 0.3) is 0 Å². The summed E-state index contributed by atoms with van der Waals surface area (Å²) in [5, 5.41) is 5.23. The molecular weight excluding hydrogens is 238 g/mol. The highest BCUT2D eigenvalue weighted by Gasteiger charge is 2.27. The quantitative estimate of drug-likeness (QED) is 0.811. The van der Waals surface area contributed by atoms with Crippen LogP contribution in [0.3, 0.4) is 0 Å². The molecule has 0 bridgehead atoms. The molecule has 0 radical (unpaired) electrons. The Bertz CT molecular complexity index is 501. The van der Waals surface area contributed by atoms with E-state index in [0.29, 0.717) is 12.2 Å². The number of anilines is 1. The van der Waals surface area contributed by atoms with E-state index in [4.69, 9.17) is 10.9 Å². The van der Waals surface area contributed by atoms with Gasteiger partial charge >= 0.3 is 0 Å². The second kappa shape index (κ2) is 4.64. The third-order valence-corrected chi connectivity index (χ3v) is 4.09. The molecule has 1 aromatic rings. The Kier molecular flexibility index (Phi) is 3.37. The van der Waals surface area contributed by atoms with E-state index in [1.165, 1.54) is 6.07 Å². The van der Waals surface area contributed by atoms with Crippen molar-refractivity contribution in [1.29, 1.82) is 0 Å². The normalized spacial score (nSPS) is 20.8. The number of rotatable bonds is 3. The Morgan fingerprint density at radius 2 is 2.06 bits per heavy atom. The molecule has 1 aliphatic heterocycles. The smallest absolute Gasteiger partial charge is 0.240 e. The Hall–Kier alpha value is -1.11. The summed E-state index contributed by atoms with van der Waals surface area (Å²) in [5.74, 6) is 0. The first-order valence-electron chi connectivity index (χ1n) is 5.62. The molecule has 17 heavy (non-hydrogen) atoms. The Labute approximate surface area is 101 Å². The monoisotopic (exact) mass is 255 g/mol. The lowest BCUT2D eigenvalue weighted by molar-refractivity contribution is 0.596. The van der Waals surface area contributed by atoms with E-state index in [2.05, 4.69) is 0 Å². The van der Waals surface area contributed by atoms with Gasteiger partial charge < -0.3 is 10.6 Å². The predicted octanol–water partition coefficient (Wildman–Crippen LogP) is 0.261. The number of nitrogens with zero attached hydrogens (tertiary/aromatic N) is 1. The average Bonchev–Trinajstić information content (AvgIpc) is 2.75. The van der Waals surface area contributed by atoms with Crippen LogP contribution in [-0.4, -0.2) is 27.5 Å². The predicted molar refractivity (Wildman–Crippen MR) is 67.2 cm³/mol. The minimum absolute atomic E-state index is 0.181. The van der Waals surface area contributed by atoms with Gasteiger partial charge in [0.1, 0.15) is 4.90 Å². The van der Waals surface area contributed by atoms with Crippen LogP contribution in [0.1, 0.15) is 12.8 Å². The summed E-state index contributed by atoms with van der Waals surface area (Å²) < 4.78 is 23.1. The number of nitrogens with two attached hydrogens (primary N) is 2. The summed E-state index contributed by atoms with van der Waals surface area (Å²) >= 11 is 0. The van der Waals surface area contributed by atoms with Crippen LogP contribution in [0.2, 0.25) is 0 Å². The molecule has 1 atom stereocenters. The Balaban J connectivity index is 2.45. The molecule has 1 heterocycles. The van der Waals surface area contributed by atoms with Crippen molar-refractivity contribution >= 4 is 15.7 Å². The molecule has 0 aromatic heterocycles. The van der Waals surface area contributed by atoms with Crippen LogP contribution in [0.5, 0.6) is 0 Å². The topological polar surface area (TPSA) is 89.4 Å². The molecule has 6 heteroatoms. The van der Waals surface area contributed by atoms with Crippen LogP contribution < -0.4 is 15.8 Å². The van der Waals surface area contributed by atoms with Crippen molar-refractivity contribution in [1.82, 2.24) is 0 Å². The van der Waals surface area contributed by atoms with Gasteiger partial charge in [-0.3, -0.25) is 0 Å². The van der Waals surface area contributed by atoms with Crippen LogP contribution in [0, 0.1) is 0 Å². The first-order chi connectivity index (χ1) is 8.04. The van der Waals surface area contributed by atoms with Gasteiger partial charge in [0.2, 0.25) is 10.0 Å². The molecule has 1 aliphatic rings. The summed E-state index contributed by atoms with van der Waals surface area (Å²) in [4.78, 5) is 2.22. The van der Waals surface area contributed by atoms with Gasteiger partial charge in [-0.1, -0.05) is 12.1 Å². The van der Waals surface area contributed by atoms with Gasteiger partial charge in [0, 0.05) is 19.1 Å². The van der Waals surface area contributed by atoms with Crippen LogP contribution in [0.25, 0.3) is 0 Å². The fraction of sp³-hybridized carbons (Fsp3) is 0.455. The Morgan fingerprint density at radius 1 is 1.35 bits per heavy atom. The Morgan fingerprint density at radius 3 is 2.71 bits per heavy atom. The molecule has 0 aliphatic carbocycles. The lowest BCUT2D eigenvalue weighted by Crippen LogP contribution is -2.36.